The number of nitrogens with zero attached hydrogens (tertiary/aromatic N) is 2. The van der Waals surface area contributed by atoms with Crippen molar-refractivity contribution in [3.63, 3.8) is 0 Å². The van der Waals surface area contributed by atoms with Gasteiger partial charge in [0.25, 0.3) is 0 Å². The lowest BCUT2D eigenvalue weighted by molar-refractivity contribution is 0.146. The van der Waals surface area contributed by atoms with Gasteiger partial charge in [-0.15, -0.1) is 0 Å². The number of piperidine rings is 1. The highest BCUT2D eigenvalue weighted by Gasteiger charge is 2.24. The molecule has 0 radical (unpaired) electrons. The highest BCUT2D eigenvalue weighted by molar-refractivity contribution is 6.30. The number of likely N-dealkylation sites (tertiary alicyclic amines) is 1. The largest absolute Gasteiger partial charge is 0.507 e. The molecule has 2 aliphatic heterocycles. The fourth-order valence-electron chi connectivity index (χ4n) is 5.28. The van der Waals surface area contributed by atoms with Crippen LogP contribution in [0.4, 0.5) is 0 Å². The highest BCUT2D eigenvalue weighted by atomic mass is 35.5. The molecule has 196 valence electrons. The van der Waals surface area contributed by atoms with Gasteiger partial charge in [0.15, 0.2) is 11.5 Å². The summed E-state index contributed by atoms with van der Waals surface area (Å²) in [4.78, 5) is 4.67. The molecular formula is C30H35ClN2O4. The van der Waals surface area contributed by atoms with E-state index in [-0.39, 0.29) is 5.75 Å². The number of halogens is 1. The van der Waals surface area contributed by atoms with Crippen molar-refractivity contribution in [2.45, 2.75) is 25.9 Å². The number of aromatic hydroxyl groups is 1. The zero-order valence-electron chi connectivity index (χ0n) is 21.6. The summed E-state index contributed by atoms with van der Waals surface area (Å²) in [5.41, 5.74) is 4.02. The summed E-state index contributed by atoms with van der Waals surface area (Å²) < 4.78 is 18.0. The molecule has 0 amide bonds. The summed E-state index contributed by atoms with van der Waals surface area (Å²) in [5.74, 6) is 2.98. The molecule has 7 heteroatoms. The van der Waals surface area contributed by atoms with Crippen LogP contribution < -0.4 is 14.2 Å². The van der Waals surface area contributed by atoms with Crippen molar-refractivity contribution in [1.29, 1.82) is 0 Å². The summed E-state index contributed by atoms with van der Waals surface area (Å²) in [6.07, 6.45) is 2.38. The molecule has 0 saturated carbocycles. The molecule has 3 aromatic rings. The number of phenolic OH excluding ortho intramolecular Hbond substituents is 1. The van der Waals surface area contributed by atoms with Crippen molar-refractivity contribution in [1.82, 2.24) is 9.80 Å². The minimum Gasteiger partial charge on any atom is -0.507 e. The number of fused-ring (bicyclic) bond motifs is 1. The first-order chi connectivity index (χ1) is 18.0. The molecule has 37 heavy (non-hydrogen) atoms. The Bertz CT molecular complexity index is 1230. The van der Waals surface area contributed by atoms with Gasteiger partial charge in [-0.1, -0.05) is 29.8 Å². The number of benzene rings is 3. The number of rotatable bonds is 7. The Morgan fingerprint density at radius 2 is 1.97 bits per heavy atom. The molecule has 0 aliphatic carbocycles. The SMILES string of the molecule is COc1ccc(CN2CCOc3c(cc(-c4cccc(Cl)c4)cc3OCC3CCCN(C)C3)C2)c(O)c1. The van der Waals surface area contributed by atoms with E-state index >= 15 is 0 Å². The molecule has 6 nitrogen and oxygen atoms in total. The number of methoxy groups -OCH3 is 1. The Morgan fingerprint density at radius 3 is 2.76 bits per heavy atom. The van der Waals surface area contributed by atoms with E-state index in [0.29, 0.717) is 43.0 Å². The Hall–Kier alpha value is -2.93. The molecule has 5 rings (SSSR count). The van der Waals surface area contributed by atoms with E-state index in [2.05, 4.69) is 35.0 Å². The van der Waals surface area contributed by atoms with Crippen molar-refractivity contribution < 1.29 is 19.3 Å². The third-order valence-electron chi connectivity index (χ3n) is 7.22. The molecule has 1 atom stereocenters. The van der Waals surface area contributed by atoms with Gasteiger partial charge in [0.2, 0.25) is 0 Å². The van der Waals surface area contributed by atoms with Gasteiger partial charge in [0, 0.05) is 54.3 Å². The molecule has 2 heterocycles. The van der Waals surface area contributed by atoms with E-state index in [1.165, 1.54) is 12.8 Å². The minimum atomic E-state index is 0.235. The Balaban J connectivity index is 1.43. The Morgan fingerprint density at radius 1 is 1.08 bits per heavy atom. The minimum absolute atomic E-state index is 0.235. The highest BCUT2D eigenvalue weighted by Crippen LogP contribution is 2.40. The molecule has 3 aromatic carbocycles. The van der Waals surface area contributed by atoms with Crippen LogP contribution in [0, 0.1) is 5.92 Å². The smallest absolute Gasteiger partial charge is 0.165 e. The van der Waals surface area contributed by atoms with Crippen LogP contribution in [-0.4, -0.2) is 61.9 Å². The van der Waals surface area contributed by atoms with Crippen molar-refractivity contribution in [3.8, 4) is 34.1 Å². The third kappa shape index (κ3) is 6.32. The van der Waals surface area contributed by atoms with Crippen LogP contribution in [-0.2, 0) is 13.1 Å². The van der Waals surface area contributed by atoms with Crippen LogP contribution in [0.5, 0.6) is 23.0 Å². The van der Waals surface area contributed by atoms with Gasteiger partial charge in [0.05, 0.1) is 13.7 Å². The molecule has 1 unspecified atom stereocenters. The van der Waals surface area contributed by atoms with Gasteiger partial charge in [0.1, 0.15) is 18.1 Å². The van der Waals surface area contributed by atoms with Crippen LogP contribution in [0.15, 0.2) is 54.6 Å². The first kappa shape index (κ1) is 25.7. The Kier molecular flexibility index (Phi) is 8.08. The summed E-state index contributed by atoms with van der Waals surface area (Å²) in [6, 6.07) is 17.6. The average molecular weight is 523 g/mol. The lowest BCUT2D eigenvalue weighted by atomic mass is 9.99. The van der Waals surface area contributed by atoms with Crippen molar-refractivity contribution in [3.05, 3.63) is 70.7 Å². The number of phenols is 1. The quantitative estimate of drug-likeness (QED) is 0.421. The normalized spacial score (nSPS) is 18.5. The maximum absolute atomic E-state index is 10.5. The summed E-state index contributed by atoms with van der Waals surface area (Å²) in [7, 11) is 3.78. The zero-order valence-corrected chi connectivity index (χ0v) is 22.3. The maximum Gasteiger partial charge on any atom is 0.165 e. The lowest BCUT2D eigenvalue weighted by Crippen LogP contribution is -2.34. The third-order valence-corrected chi connectivity index (χ3v) is 7.46. The molecule has 0 bridgehead atoms. The van der Waals surface area contributed by atoms with Crippen LogP contribution in [0.1, 0.15) is 24.0 Å². The molecule has 1 fully saturated rings. The molecule has 1 N–H and O–H groups in total. The second-order valence-electron chi connectivity index (χ2n) is 10.1. The second kappa shape index (κ2) is 11.6. The lowest BCUT2D eigenvalue weighted by Gasteiger charge is -2.29. The monoisotopic (exact) mass is 522 g/mol. The van der Waals surface area contributed by atoms with Gasteiger partial charge >= 0.3 is 0 Å². The first-order valence-corrected chi connectivity index (χ1v) is 13.3. The summed E-state index contributed by atoms with van der Waals surface area (Å²) in [5, 5.41) is 11.2. The second-order valence-corrected chi connectivity index (χ2v) is 10.5. The van der Waals surface area contributed by atoms with Gasteiger partial charge in [-0.3, -0.25) is 4.90 Å². The van der Waals surface area contributed by atoms with Crippen LogP contribution in [0.3, 0.4) is 0 Å². The first-order valence-electron chi connectivity index (χ1n) is 12.9. The van der Waals surface area contributed by atoms with E-state index in [1.54, 1.807) is 13.2 Å². The average Bonchev–Trinajstić information content (AvgIpc) is 3.10. The van der Waals surface area contributed by atoms with Gasteiger partial charge in [-0.2, -0.15) is 0 Å². The van der Waals surface area contributed by atoms with Crippen LogP contribution in [0.2, 0.25) is 5.02 Å². The van der Waals surface area contributed by atoms with Gasteiger partial charge < -0.3 is 24.2 Å². The molecule has 1 saturated heterocycles. The molecular weight excluding hydrogens is 488 g/mol. The number of hydrogen-bond acceptors (Lipinski definition) is 6. The van der Waals surface area contributed by atoms with Crippen LogP contribution in [0.25, 0.3) is 11.1 Å². The van der Waals surface area contributed by atoms with Crippen LogP contribution >= 0.6 is 11.6 Å². The fraction of sp³-hybridized carbons (Fsp3) is 0.400. The van der Waals surface area contributed by atoms with E-state index in [0.717, 1.165) is 53.4 Å². The number of ether oxygens (including phenoxy) is 3. The van der Waals surface area contributed by atoms with E-state index in [1.807, 2.05) is 30.3 Å². The van der Waals surface area contributed by atoms with E-state index in [4.69, 9.17) is 25.8 Å². The topological polar surface area (TPSA) is 54.4 Å². The fourth-order valence-corrected chi connectivity index (χ4v) is 5.47. The predicted octanol–water partition coefficient (Wildman–Crippen LogP) is 5.84. The molecule has 0 spiro atoms. The van der Waals surface area contributed by atoms with Crippen molar-refractivity contribution >= 4 is 11.6 Å². The molecule has 2 aliphatic rings. The predicted molar refractivity (Wildman–Crippen MR) is 147 cm³/mol. The molecule has 0 aromatic heterocycles. The summed E-state index contributed by atoms with van der Waals surface area (Å²) in [6.45, 7) is 5.43. The van der Waals surface area contributed by atoms with Crippen molar-refractivity contribution in [2.24, 2.45) is 5.92 Å². The number of hydrogen-bond donors (Lipinski definition) is 1. The Labute approximate surface area is 224 Å². The van der Waals surface area contributed by atoms with Gasteiger partial charge in [-0.25, -0.2) is 0 Å². The zero-order chi connectivity index (χ0) is 25.8. The van der Waals surface area contributed by atoms with E-state index in [9.17, 15) is 5.11 Å². The standard InChI is InChI=1S/C30H35ClN2O4/c1-32-10-4-5-21(17-32)20-37-29-15-24(22-6-3-7-26(31)14-22)13-25-19-33(11-12-36-30(25)29)18-23-8-9-27(35-2)16-28(23)34/h3,6-9,13-16,21,34H,4-5,10-12,17-20H2,1-2H3. The van der Waals surface area contributed by atoms with Crippen molar-refractivity contribution in [2.75, 3.05) is 47.0 Å². The summed E-state index contributed by atoms with van der Waals surface area (Å²) >= 11 is 6.33. The van der Waals surface area contributed by atoms with E-state index < -0.39 is 0 Å². The van der Waals surface area contributed by atoms with Gasteiger partial charge in [-0.05, 0) is 67.9 Å². The maximum atomic E-state index is 10.5.